The second-order valence-electron chi connectivity index (χ2n) is 5.21. The Hall–Kier alpha value is -2.68. The molecule has 0 spiro atoms. The van der Waals surface area contributed by atoms with E-state index in [2.05, 4.69) is 11.6 Å². The molecule has 1 heterocycles. The topological polar surface area (TPSA) is 34.9 Å². The predicted octanol–water partition coefficient (Wildman–Crippen LogP) is 4.23. The van der Waals surface area contributed by atoms with Crippen molar-refractivity contribution < 1.29 is 4.79 Å². The van der Waals surface area contributed by atoms with E-state index in [4.69, 9.17) is 0 Å². The molecule has 0 N–H and O–H groups in total. The summed E-state index contributed by atoms with van der Waals surface area (Å²) in [6, 6.07) is 15.6. The van der Waals surface area contributed by atoms with Gasteiger partial charge in [-0.1, -0.05) is 48.5 Å². The van der Waals surface area contributed by atoms with Crippen molar-refractivity contribution in [3.63, 3.8) is 0 Å². The molecule has 3 heteroatoms. The maximum absolute atomic E-state index is 12.5. The SMILES string of the molecule is C=C(C)C(=O)n1c(-c2ccc(C)cc2)nc2ccccc21. The molecule has 0 radical (unpaired) electrons. The lowest BCUT2D eigenvalue weighted by atomic mass is 10.1. The highest BCUT2D eigenvalue weighted by molar-refractivity contribution is 6.03. The highest BCUT2D eigenvalue weighted by Gasteiger charge is 2.18. The molecule has 0 aliphatic rings. The van der Waals surface area contributed by atoms with E-state index < -0.39 is 0 Å². The van der Waals surface area contributed by atoms with Crippen molar-refractivity contribution in [2.45, 2.75) is 13.8 Å². The number of rotatable bonds is 2. The smallest absolute Gasteiger partial charge is 0.259 e. The number of imidazole rings is 1. The van der Waals surface area contributed by atoms with E-state index in [1.54, 1.807) is 11.5 Å². The minimum atomic E-state index is -0.126. The number of aromatic nitrogens is 2. The zero-order valence-corrected chi connectivity index (χ0v) is 12.1. The highest BCUT2D eigenvalue weighted by atomic mass is 16.2. The van der Waals surface area contributed by atoms with Gasteiger partial charge in [0.15, 0.2) is 0 Å². The first-order chi connectivity index (χ1) is 10.1. The molecule has 0 aliphatic heterocycles. The minimum absolute atomic E-state index is 0.126. The molecule has 0 fully saturated rings. The zero-order valence-electron chi connectivity index (χ0n) is 12.1. The third-order valence-corrected chi connectivity index (χ3v) is 3.44. The number of nitrogens with zero attached hydrogens (tertiary/aromatic N) is 2. The zero-order chi connectivity index (χ0) is 15.0. The molecule has 0 saturated carbocycles. The second kappa shape index (κ2) is 5.02. The van der Waals surface area contributed by atoms with E-state index >= 15 is 0 Å². The Labute approximate surface area is 123 Å². The number of hydrogen-bond acceptors (Lipinski definition) is 2. The summed E-state index contributed by atoms with van der Waals surface area (Å²) in [4.78, 5) is 17.1. The molecule has 3 aromatic rings. The number of carbonyl (C=O) groups excluding carboxylic acids is 1. The summed E-state index contributed by atoms with van der Waals surface area (Å²) in [5, 5.41) is 0. The van der Waals surface area contributed by atoms with Crippen LogP contribution in [-0.2, 0) is 0 Å². The predicted molar refractivity (Wildman–Crippen MR) is 85.3 cm³/mol. The fourth-order valence-corrected chi connectivity index (χ4v) is 2.32. The molecule has 0 amide bonds. The van der Waals surface area contributed by atoms with Gasteiger partial charge >= 0.3 is 0 Å². The first-order valence-electron chi connectivity index (χ1n) is 6.82. The fourth-order valence-electron chi connectivity index (χ4n) is 2.32. The van der Waals surface area contributed by atoms with Crippen LogP contribution in [0.2, 0.25) is 0 Å². The summed E-state index contributed by atoms with van der Waals surface area (Å²) in [7, 11) is 0. The summed E-state index contributed by atoms with van der Waals surface area (Å²) in [5.74, 6) is 0.531. The van der Waals surface area contributed by atoms with Crippen LogP contribution in [0, 0.1) is 6.92 Å². The standard InChI is InChI=1S/C18H16N2O/c1-12(2)18(21)20-16-7-5-4-6-15(16)19-17(20)14-10-8-13(3)9-11-14/h4-11H,1H2,2-3H3. The summed E-state index contributed by atoms with van der Waals surface area (Å²) in [6.45, 7) is 7.52. The molecule has 0 aliphatic carbocycles. The summed E-state index contributed by atoms with van der Waals surface area (Å²) < 4.78 is 1.64. The van der Waals surface area contributed by atoms with Crippen molar-refractivity contribution >= 4 is 16.9 Å². The molecule has 0 unspecified atom stereocenters. The van der Waals surface area contributed by atoms with Gasteiger partial charge < -0.3 is 0 Å². The Morgan fingerprint density at radius 3 is 2.43 bits per heavy atom. The number of benzene rings is 2. The van der Waals surface area contributed by atoms with Gasteiger partial charge in [0.1, 0.15) is 5.82 Å². The second-order valence-corrected chi connectivity index (χ2v) is 5.21. The Kier molecular flexibility index (Phi) is 3.18. The van der Waals surface area contributed by atoms with Gasteiger partial charge in [0.25, 0.3) is 5.91 Å². The first-order valence-corrected chi connectivity index (χ1v) is 6.82. The van der Waals surface area contributed by atoms with Crippen molar-refractivity contribution in [3.8, 4) is 11.4 Å². The molecular formula is C18H16N2O. The van der Waals surface area contributed by atoms with Crippen LogP contribution < -0.4 is 0 Å². The van der Waals surface area contributed by atoms with E-state index in [0.29, 0.717) is 11.4 Å². The quantitative estimate of drug-likeness (QED) is 0.656. The number of aryl methyl sites for hydroxylation is 1. The van der Waals surface area contributed by atoms with Crippen LogP contribution in [-0.4, -0.2) is 15.5 Å². The molecule has 104 valence electrons. The largest absolute Gasteiger partial charge is 0.269 e. The number of hydrogen-bond donors (Lipinski definition) is 0. The fraction of sp³-hybridized carbons (Fsp3) is 0.111. The van der Waals surface area contributed by atoms with Crippen LogP contribution in [0.3, 0.4) is 0 Å². The van der Waals surface area contributed by atoms with Crippen LogP contribution in [0.1, 0.15) is 17.3 Å². The summed E-state index contributed by atoms with van der Waals surface area (Å²) >= 11 is 0. The van der Waals surface area contributed by atoms with Gasteiger partial charge in [-0.3, -0.25) is 9.36 Å². The Bertz CT molecular complexity index is 841. The molecule has 1 aromatic heterocycles. The van der Waals surface area contributed by atoms with Gasteiger partial charge in [-0.15, -0.1) is 0 Å². The lowest BCUT2D eigenvalue weighted by molar-refractivity contribution is 0.0962. The lowest BCUT2D eigenvalue weighted by Crippen LogP contribution is -2.12. The van der Waals surface area contributed by atoms with Crippen LogP contribution >= 0.6 is 0 Å². The number of allylic oxidation sites excluding steroid dienone is 1. The molecule has 0 bridgehead atoms. The van der Waals surface area contributed by atoms with E-state index in [1.165, 1.54) is 5.56 Å². The van der Waals surface area contributed by atoms with Crippen LogP contribution in [0.5, 0.6) is 0 Å². The Balaban J connectivity index is 2.31. The number of carbonyl (C=O) groups is 1. The van der Waals surface area contributed by atoms with Crippen molar-refractivity contribution in [3.05, 3.63) is 66.2 Å². The third kappa shape index (κ3) is 2.27. The van der Waals surface area contributed by atoms with Crippen LogP contribution in [0.15, 0.2) is 60.7 Å². The first kappa shape index (κ1) is 13.3. The van der Waals surface area contributed by atoms with Gasteiger partial charge in [-0.25, -0.2) is 4.98 Å². The normalized spacial score (nSPS) is 10.8. The molecule has 3 rings (SSSR count). The Morgan fingerprint density at radius 1 is 1.10 bits per heavy atom. The third-order valence-electron chi connectivity index (χ3n) is 3.44. The van der Waals surface area contributed by atoms with E-state index in [1.807, 2.05) is 55.5 Å². The Morgan fingerprint density at radius 2 is 1.76 bits per heavy atom. The maximum Gasteiger partial charge on any atom is 0.259 e. The lowest BCUT2D eigenvalue weighted by Gasteiger charge is -2.07. The van der Waals surface area contributed by atoms with E-state index in [0.717, 1.165) is 16.6 Å². The monoisotopic (exact) mass is 276 g/mol. The van der Waals surface area contributed by atoms with E-state index in [9.17, 15) is 4.79 Å². The molecule has 21 heavy (non-hydrogen) atoms. The highest BCUT2D eigenvalue weighted by Crippen LogP contribution is 2.25. The van der Waals surface area contributed by atoms with Gasteiger partial charge in [0, 0.05) is 11.1 Å². The average molecular weight is 276 g/mol. The van der Waals surface area contributed by atoms with Gasteiger partial charge in [-0.05, 0) is 26.0 Å². The van der Waals surface area contributed by atoms with Crippen molar-refractivity contribution in [2.75, 3.05) is 0 Å². The van der Waals surface area contributed by atoms with E-state index in [-0.39, 0.29) is 5.91 Å². The van der Waals surface area contributed by atoms with Gasteiger partial charge in [-0.2, -0.15) is 0 Å². The van der Waals surface area contributed by atoms with Crippen molar-refractivity contribution in [1.82, 2.24) is 9.55 Å². The van der Waals surface area contributed by atoms with Crippen molar-refractivity contribution in [1.29, 1.82) is 0 Å². The van der Waals surface area contributed by atoms with Gasteiger partial charge in [0.2, 0.25) is 0 Å². The summed E-state index contributed by atoms with van der Waals surface area (Å²) in [6.07, 6.45) is 0. The maximum atomic E-state index is 12.5. The van der Waals surface area contributed by atoms with Crippen LogP contribution in [0.4, 0.5) is 0 Å². The molecular weight excluding hydrogens is 260 g/mol. The molecule has 0 saturated heterocycles. The summed E-state index contributed by atoms with van der Waals surface area (Å²) in [5.41, 5.74) is 4.20. The molecule has 2 aromatic carbocycles. The molecule has 0 atom stereocenters. The minimum Gasteiger partial charge on any atom is -0.269 e. The average Bonchev–Trinajstić information content (AvgIpc) is 2.86. The molecule has 3 nitrogen and oxygen atoms in total. The van der Waals surface area contributed by atoms with Gasteiger partial charge in [0.05, 0.1) is 11.0 Å². The number of fused-ring (bicyclic) bond motifs is 1. The van der Waals surface area contributed by atoms with Crippen LogP contribution in [0.25, 0.3) is 22.4 Å². The number of para-hydroxylation sites is 2. The van der Waals surface area contributed by atoms with Crippen molar-refractivity contribution in [2.24, 2.45) is 0 Å².